The van der Waals surface area contributed by atoms with Crippen LogP contribution in [0.2, 0.25) is 0 Å². The zero-order valence-electron chi connectivity index (χ0n) is 29.8. The van der Waals surface area contributed by atoms with Gasteiger partial charge in [0.15, 0.2) is 0 Å². The van der Waals surface area contributed by atoms with Crippen LogP contribution >= 0.6 is 22.7 Å². The van der Waals surface area contributed by atoms with Crippen molar-refractivity contribution in [3.8, 4) is 33.4 Å². The molecule has 2 heterocycles. The number of hydrogen-bond acceptors (Lipinski definition) is 3. The molecule has 9 aromatic carbocycles. The second-order valence-corrected chi connectivity index (χ2v) is 16.2. The largest absolute Gasteiger partial charge is 0.310 e. The van der Waals surface area contributed by atoms with Gasteiger partial charge in [-0.25, -0.2) is 0 Å². The molecule has 0 amide bonds. The molecule has 11 aromatic rings. The fraction of sp³-hybridized carbons (Fsp3) is 0. The van der Waals surface area contributed by atoms with Gasteiger partial charge in [-0.1, -0.05) is 140 Å². The van der Waals surface area contributed by atoms with E-state index in [1.165, 1.54) is 84.5 Å². The Morgan fingerprint density at radius 2 is 0.909 bits per heavy atom. The summed E-state index contributed by atoms with van der Waals surface area (Å²) in [4.78, 5) is 2.43. The first kappa shape index (κ1) is 32.0. The molecule has 0 aliphatic heterocycles. The van der Waals surface area contributed by atoms with Crippen molar-refractivity contribution in [2.75, 3.05) is 4.90 Å². The lowest BCUT2D eigenvalue weighted by Gasteiger charge is -2.27. The zero-order valence-corrected chi connectivity index (χ0v) is 31.4. The third-order valence-electron chi connectivity index (χ3n) is 10.9. The minimum absolute atomic E-state index is 1.11. The first-order valence-electron chi connectivity index (χ1n) is 18.7. The Kier molecular flexibility index (Phi) is 7.61. The topological polar surface area (TPSA) is 3.24 Å². The summed E-state index contributed by atoms with van der Waals surface area (Å²) < 4.78 is 5.24. The van der Waals surface area contributed by atoms with Crippen LogP contribution in [0.15, 0.2) is 200 Å². The Hall–Kier alpha value is -6.52. The van der Waals surface area contributed by atoms with Crippen LogP contribution in [0, 0.1) is 0 Å². The molecule has 55 heavy (non-hydrogen) atoms. The minimum atomic E-state index is 1.11. The van der Waals surface area contributed by atoms with E-state index in [2.05, 4.69) is 205 Å². The first-order chi connectivity index (χ1) is 27.2. The highest BCUT2D eigenvalue weighted by Crippen LogP contribution is 2.47. The maximum Gasteiger partial charge on any atom is 0.0468 e. The Balaban J connectivity index is 1.12. The Morgan fingerprint density at radius 1 is 0.291 bits per heavy atom. The SMILES string of the molecule is c1ccc(-c2ccc(N(c3ccc(-c4ccc5ccccc5c4)cc3)c3ccc4sc5ccccc5c4c3)cc2-c2cccc3c2sc2ccccc23)cc1. The summed E-state index contributed by atoms with van der Waals surface area (Å²) in [6.07, 6.45) is 0. The highest BCUT2D eigenvalue weighted by Gasteiger charge is 2.20. The van der Waals surface area contributed by atoms with E-state index in [-0.39, 0.29) is 0 Å². The summed E-state index contributed by atoms with van der Waals surface area (Å²) in [7, 11) is 0. The van der Waals surface area contributed by atoms with Crippen molar-refractivity contribution in [2.45, 2.75) is 0 Å². The van der Waals surface area contributed by atoms with E-state index >= 15 is 0 Å². The smallest absolute Gasteiger partial charge is 0.0468 e. The summed E-state index contributed by atoms with van der Waals surface area (Å²) in [5.74, 6) is 0. The molecule has 11 rings (SSSR count). The normalized spacial score (nSPS) is 11.6. The molecule has 0 saturated heterocycles. The van der Waals surface area contributed by atoms with Gasteiger partial charge in [0.25, 0.3) is 0 Å². The number of hydrogen-bond donors (Lipinski definition) is 0. The molecule has 0 fully saturated rings. The van der Waals surface area contributed by atoms with Crippen LogP contribution < -0.4 is 4.90 Å². The van der Waals surface area contributed by atoms with E-state index < -0.39 is 0 Å². The molecule has 3 heteroatoms. The van der Waals surface area contributed by atoms with Crippen LogP contribution in [0.4, 0.5) is 17.1 Å². The highest BCUT2D eigenvalue weighted by atomic mass is 32.1. The van der Waals surface area contributed by atoms with Crippen LogP contribution in [0.3, 0.4) is 0 Å². The van der Waals surface area contributed by atoms with Crippen molar-refractivity contribution in [1.82, 2.24) is 0 Å². The Labute approximate surface area is 327 Å². The van der Waals surface area contributed by atoms with Gasteiger partial charge in [0.05, 0.1) is 0 Å². The molecule has 258 valence electrons. The van der Waals surface area contributed by atoms with Crippen LogP contribution in [0.5, 0.6) is 0 Å². The van der Waals surface area contributed by atoms with Crippen molar-refractivity contribution < 1.29 is 0 Å². The van der Waals surface area contributed by atoms with Crippen molar-refractivity contribution in [2.24, 2.45) is 0 Å². The lowest BCUT2D eigenvalue weighted by atomic mass is 9.92. The van der Waals surface area contributed by atoms with Crippen LogP contribution in [0.25, 0.3) is 84.5 Å². The van der Waals surface area contributed by atoms with Crippen LogP contribution in [-0.2, 0) is 0 Å². The molecule has 0 unspecified atom stereocenters. The number of thiophene rings is 2. The average molecular weight is 736 g/mol. The second kappa shape index (κ2) is 13.1. The van der Waals surface area contributed by atoms with Gasteiger partial charge in [-0.2, -0.15) is 0 Å². The van der Waals surface area contributed by atoms with Gasteiger partial charge in [-0.05, 0) is 99.3 Å². The molecule has 2 aromatic heterocycles. The molecule has 0 atom stereocenters. The molecular weight excluding hydrogens is 703 g/mol. The minimum Gasteiger partial charge on any atom is -0.310 e. The lowest BCUT2D eigenvalue weighted by Crippen LogP contribution is -2.10. The second-order valence-electron chi connectivity index (χ2n) is 14.1. The van der Waals surface area contributed by atoms with Crippen molar-refractivity contribution >= 4 is 90.9 Å². The molecule has 0 aliphatic carbocycles. The third kappa shape index (κ3) is 5.51. The maximum absolute atomic E-state index is 2.43. The van der Waals surface area contributed by atoms with Gasteiger partial charge < -0.3 is 4.90 Å². The maximum atomic E-state index is 2.43. The fourth-order valence-corrected chi connectivity index (χ4v) is 10.5. The quantitative estimate of drug-likeness (QED) is 0.164. The lowest BCUT2D eigenvalue weighted by molar-refractivity contribution is 1.29. The van der Waals surface area contributed by atoms with Gasteiger partial charge in [0.2, 0.25) is 0 Å². The summed E-state index contributed by atoms with van der Waals surface area (Å²) in [6.45, 7) is 0. The zero-order chi connectivity index (χ0) is 36.3. The first-order valence-corrected chi connectivity index (χ1v) is 20.3. The van der Waals surface area contributed by atoms with Crippen molar-refractivity contribution in [3.05, 3.63) is 200 Å². The molecule has 0 aliphatic rings. The summed E-state index contributed by atoms with van der Waals surface area (Å²) in [6, 6.07) is 73.5. The molecule has 0 N–H and O–H groups in total. The third-order valence-corrected chi connectivity index (χ3v) is 13.2. The van der Waals surface area contributed by atoms with Crippen molar-refractivity contribution in [3.63, 3.8) is 0 Å². The van der Waals surface area contributed by atoms with E-state index in [1.807, 2.05) is 22.7 Å². The summed E-state index contributed by atoms with van der Waals surface area (Å²) in [5.41, 5.74) is 10.7. The number of anilines is 3. The molecule has 0 saturated carbocycles. The van der Waals surface area contributed by atoms with E-state index in [4.69, 9.17) is 0 Å². The van der Waals surface area contributed by atoms with Crippen LogP contribution in [0.1, 0.15) is 0 Å². The number of rotatable bonds is 6. The van der Waals surface area contributed by atoms with Gasteiger partial charge in [-0.3, -0.25) is 0 Å². The number of nitrogens with zero attached hydrogens (tertiary/aromatic N) is 1. The van der Waals surface area contributed by atoms with Crippen LogP contribution in [-0.4, -0.2) is 0 Å². The van der Waals surface area contributed by atoms with Gasteiger partial charge in [0, 0.05) is 63.0 Å². The summed E-state index contributed by atoms with van der Waals surface area (Å²) in [5, 5.41) is 7.71. The summed E-state index contributed by atoms with van der Waals surface area (Å²) >= 11 is 3.74. The average Bonchev–Trinajstić information content (AvgIpc) is 3.83. The fourth-order valence-electron chi connectivity index (χ4n) is 8.20. The van der Waals surface area contributed by atoms with Gasteiger partial charge >= 0.3 is 0 Å². The van der Waals surface area contributed by atoms with E-state index in [1.54, 1.807) is 0 Å². The number of benzene rings is 9. The van der Waals surface area contributed by atoms with Gasteiger partial charge in [-0.15, -0.1) is 22.7 Å². The van der Waals surface area contributed by atoms with E-state index in [0.717, 1.165) is 17.1 Å². The Morgan fingerprint density at radius 3 is 1.75 bits per heavy atom. The van der Waals surface area contributed by atoms with Gasteiger partial charge in [0.1, 0.15) is 0 Å². The van der Waals surface area contributed by atoms with E-state index in [9.17, 15) is 0 Å². The Bertz CT molecular complexity index is 3210. The van der Waals surface area contributed by atoms with Crippen molar-refractivity contribution in [1.29, 1.82) is 0 Å². The predicted molar refractivity (Wildman–Crippen MR) is 241 cm³/mol. The highest BCUT2D eigenvalue weighted by molar-refractivity contribution is 7.26. The van der Waals surface area contributed by atoms with E-state index in [0.29, 0.717) is 0 Å². The molecule has 0 radical (unpaired) electrons. The monoisotopic (exact) mass is 735 g/mol. The molecule has 0 bridgehead atoms. The number of fused-ring (bicyclic) bond motifs is 7. The molecular formula is C52H33NS2. The molecule has 1 nitrogen and oxygen atoms in total. The molecule has 0 spiro atoms. The predicted octanol–water partition coefficient (Wildman–Crippen LogP) is 16.0. The standard InChI is InChI=1S/C52H33NS2/c1-2-12-36(13-3-1)42-29-27-40(32-47(42)46-18-10-17-45-43-15-6-9-20-50(43)55-52(45)46)53(41-28-30-51-48(33-41)44-16-7-8-19-49(44)54-51)39-25-23-35(24-26-39)38-22-21-34-11-4-5-14-37(34)31-38/h1-33H.